The van der Waals surface area contributed by atoms with Crippen LogP contribution in [-0.4, -0.2) is 23.8 Å². The van der Waals surface area contributed by atoms with Crippen LogP contribution in [0.3, 0.4) is 0 Å². The van der Waals surface area contributed by atoms with Gasteiger partial charge in [-0.2, -0.15) is 0 Å². The fraction of sp³-hybridized carbons (Fsp3) is 0.176. The number of amides is 1. The summed E-state index contributed by atoms with van der Waals surface area (Å²) in [5.74, 6) is -0.304. The van der Waals surface area contributed by atoms with E-state index in [2.05, 4.69) is 0 Å². The molecule has 112 valence electrons. The Kier molecular flexibility index (Phi) is 3.42. The Balaban J connectivity index is 1.85. The molecule has 1 aliphatic heterocycles. The van der Waals surface area contributed by atoms with Crippen LogP contribution in [0.1, 0.15) is 17.7 Å². The first-order valence-electron chi connectivity index (χ1n) is 6.87. The lowest BCUT2D eigenvalue weighted by molar-refractivity contribution is -0.140. The van der Waals surface area contributed by atoms with Gasteiger partial charge in [0.2, 0.25) is 0 Å². The summed E-state index contributed by atoms with van der Waals surface area (Å²) in [5.41, 5.74) is -0.726. The Bertz CT molecular complexity index is 748. The highest BCUT2D eigenvalue weighted by atomic mass is 16.3. The van der Waals surface area contributed by atoms with Crippen LogP contribution >= 0.6 is 0 Å². The van der Waals surface area contributed by atoms with Crippen molar-refractivity contribution in [3.63, 3.8) is 0 Å². The van der Waals surface area contributed by atoms with Crippen molar-refractivity contribution in [3.05, 3.63) is 60.1 Å². The molecule has 22 heavy (non-hydrogen) atoms. The summed E-state index contributed by atoms with van der Waals surface area (Å²) in [4.78, 5) is 25.8. The van der Waals surface area contributed by atoms with Crippen molar-refractivity contribution in [1.29, 1.82) is 0 Å². The average molecular weight is 297 g/mol. The van der Waals surface area contributed by atoms with Crippen LogP contribution in [0, 0.1) is 0 Å². The zero-order chi connectivity index (χ0) is 15.7. The van der Waals surface area contributed by atoms with Gasteiger partial charge in [-0.15, -0.1) is 0 Å². The zero-order valence-corrected chi connectivity index (χ0v) is 12.0. The largest absolute Gasteiger partial charge is 0.465 e. The van der Waals surface area contributed by atoms with E-state index in [0.29, 0.717) is 17.0 Å². The van der Waals surface area contributed by atoms with Gasteiger partial charge in [0.15, 0.2) is 11.4 Å². The second kappa shape index (κ2) is 5.27. The number of nitrogens with zero attached hydrogens (tertiary/aromatic N) is 1. The highest BCUT2D eigenvalue weighted by Crippen LogP contribution is 2.41. The van der Waals surface area contributed by atoms with Crippen molar-refractivity contribution in [2.45, 2.75) is 12.0 Å². The van der Waals surface area contributed by atoms with Gasteiger partial charge < -0.3 is 14.4 Å². The van der Waals surface area contributed by atoms with Crippen LogP contribution in [-0.2, 0) is 15.2 Å². The number of hydrogen-bond donors (Lipinski definition) is 1. The standard InChI is InChI=1S/C17H15NO4/c1-18-15-7-3-2-6-14(15)17(21,16(18)20)11-12(19)8-9-13-5-4-10-22-13/h2-10,21H,11H2,1H3/b9-8+. The molecule has 1 unspecified atom stereocenters. The lowest BCUT2D eigenvalue weighted by Gasteiger charge is -2.20. The maximum atomic E-state index is 12.3. The molecule has 2 aromatic rings. The number of carbonyl (C=O) groups is 2. The first kappa shape index (κ1) is 14.3. The van der Waals surface area contributed by atoms with Crippen molar-refractivity contribution >= 4 is 23.5 Å². The van der Waals surface area contributed by atoms with Crippen LogP contribution < -0.4 is 4.90 Å². The van der Waals surface area contributed by atoms with Gasteiger partial charge in [0, 0.05) is 12.6 Å². The molecule has 3 rings (SSSR count). The number of allylic oxidation sites excluding steroid dienone is 1. The Morgan fingerprint density at radius 3 is 2.82 bits per heavy atom. The predicted octanol–water partition coefficient (Wildman–Crippen LogP) is 2.12. The Hall–Kier alpha value is -2.66. The van der Waals surface area contributed by atoms with E-state index in [1.54, 1.807) is 43.4 Å². The smallest absolute Gasteiger partial charge is 0.263 e. The van der Waals surface area contributed by atoms with Crippen molar-refractivity contribution in [1.82, 2.24) is 0 Å². The summed E-state index contributed by atoms with van der Waals surface area (Å²) in [7, 11) is 1.59. The molecule has 0 saturated heterocycles. The molecule has 0 bridgehead atoms. The van der Waals surface area contributed by atoms with Crippen LogP contribution in [0.25, 0.3) is 6.08 Å². The number of fused-ring (bicyclic) bond motifs is 1. The lowest BCUT2D eigenvalue weighted by atomic mass is 9.90. The SMILES string of the molecule is CN1C(=O)C(O)(CC(=O)/C=C/c2ccco2)c2ccccc21. The molecule has 0 spiro atoms. The number of aliphatic hydroxyl groups is 1. The molecule has 2 heterocycles. The van der Waals surface area contributed by atoms with E-state index in [9.17, 15) is 14.7 Å². The number of furan rings is 1. The summed E-state index contributed by atoms with van der Waals surface area (Å²) >= 11 is 0. The Morgan fingerprint density at radius 2 is 2.09 bits per heavy atom. The fourth-order valence-corrected chi connectivity index (χ4v) is 2.66. The van der Waals surface area contributed by atoms with E-state index in [1.807, 2.05) is 0 Å². The molecule has 1 N–H and O–H groups in total. The van der Waals surface area contributed by atoms with E-state index in [4.69, 9.17) is 4.42 Å². The van der Waals surface area contributed by atoms with Gasteiger partial charge in [-0.25, -0.2) is 0 Å². The van der Waals surface area contributed by atoms with E-state index < -0.39 is 11.5 Å². The molecule has 1 aromatic carbocycles. The fourth-order valence-electron chi connectivity index (χ4n) is 2.66. The van der Waals surface area contributed by atoms with Gasteiger partial charge in [0.1, 0.15) is 5.76 Å². The second-order valence-electron chi connectivity index (χ2n) is 5.23. The minimum atomic E-state index is -1.81. The van der Waals surface area contributed by atoms with Gasteiger partial charge in [-0.1, -0.05) is 18.2 Å². The maximum Gasteiger partial charge on any atom is 0.263 e. The minimum Gasteiger partial charge on any atom is -0.465 e. The molecule has 1 aliphatic rings. The number of para-hydroxylation sites is 1. The molecular weight excluding hydrogens is 282 g/mol. The normalized spacial score (nSPS) is 20.6. The zero-order valence-electron chi connectivity index (χ0n) is 12.0. The van der Waals surface area contributed by atoms with Crippen molar-refractivity contribution < 1.29 is 19.1 Å². The van der Waals surface area contributed by atoms with Crippen molar-refractivity contribution in [2.24, 2.45) is 0 Å². The highest BCUT2D eigenvalue weighted by molar-refractivity contribution is 6.09. The molecule has 5 heteroatoms. The third kappa shape index (κ3) is 2.25. The van der Waals surface area contributed by atoms with Gasteiger partial charge in [-0.3, -0.25) is 9.59 Å². The molecule has 5 nitrogen and oxygen atoms in total. The number of rotatable bonds is 4. The number of benzene rings is 1. The molecular formula is C17H15NO4. The molecule has 0 radical (unpaired) electrons. The highest BCUT2D eigenvalue weighted by Gasteiger charge is 2.49. The molecule has 1 amide bonds. The number of likely N-dealkylation sites (N-methyl/N-ethyl adjacent to an activating group) is 1. The Morgan fingerprint density at radius 1 is 1.32 bits per heavy atom. The monoisotopic (exact) mass is 297 g/mol. The summed E-state index contributed by atoms with van der Waals surface area (Å²) in [6.45, 7) is 0. The van der Waals surface area contributed by atoms with Gasteiger partial charge in [0.05, 0.1) is 18.4 Å². The quantitative estimate of drug-likeness (QED) is 0.877. The van der Waals surface area contributed by atoms with Crippen molar-refractivity contribution in [3.8, 4) is 0 Å². The van der Waals surface area contributed by atoms with Crippen LogP contribution in [0.2, 0.25) is 0 Å². The number of anilines is 1. The summed E-state index contributed by atoms with van der Waals surface area (Å²) in [6.07, 6.45) is 4.03. The van der Waals surface area contributed by atoms with E-state index in [1.165, 1.54) is 23.3 Å². The first-order valence-corrected chi connectivity index (χ1v) is 6.87. The number of ketones is 1. The minimum absolute atomic E-state index is 0.301. The van der Waals surface area contributed by atoms with Crippen molar-refractivity contribution in [2.75, 3.05) is 11.9 Å². The van der Waals surface area contributed by atoms with Crippen LogP contribution in [0.15, 0.2) is 53.2 Å². The predicted molar refractivity (Wildman–Crippen MR) is 81.1 cm³/mol. The number of hydrogen-bond acceptors (Lipinski definition) is 4. The molecule has 0 fully saturated rings. The van der Waals surface area contributed by atoms with Crippen LogP contribution in [0.5, 0.6) is 0 Å². The second-order valence-corrected chi connectivity index (χ2v) is 5.23. The van der Waals surface area contributed by atoms with Gasteiger partial charge in [-0.05, 0) is 30.4 Å². The summed E-state index contributed by atoms with van der Waals surface area (Å²) in [6, 6.07) is 10.4. The molecule has 0 aliphatic carbocycles. The summed E-state index contributed by atoms with van der Waals surface area (Å²) in [5, 5.41) is 10.7. The molecule has 1 aromatic heterocycles. The molecule has 1 atom stereocenters. The van der Waals surface area contributed by atoms with E-state index in [0.717, 1.165) is 0 Å². The van der Waals surface area contributed by atoms with Gasteiger partial charge >= 0.3 is 0 Å². The topological polar surface area (TPSA) is 70.8 Å². The summed E-state index contributed by atoms with van der Waals surface area (Å²) < 4.78 is 5.10. The van der Waals surface area contributed by atoms with E-state index in [-0.39, 0.29) is 12.2 Å². The molecule has 0 saturated carbocycles. The lowest BCUT2D eigenvalue weighted by Crippen LogP contribution is -2.40. The first-order chi connectivity index (χ1) is 10.5. The third-order valence-electron chi connectivity index (χ3n) is 3.78. The van der Waals surface area contributed by atoms with Crippen LogP contribution in [0.4, 0.5) is 5.69 Å². The van der Waals surface area contributed by atoms with E-state index >= 15 is 0 Å². The Labute approximate surface area is 127 Å². The number of carbonyl (C=O) groups excluding carboxylic acids is 2. The van der Waals surface area contributed by atoms with Gasteiger partial charge in [0.25, 0.3) is 5.91 Å². The maximum absolute atomic E-state index is 12.3. The average Bonchev–Trinajstić information content (AvgIpc) is 3.10. The third-order valence-corrected chi connectivity index (χ3v) is 3.78.